The molecule has 1 atom stereocenters. The number of sulfonamides is 1. The van der Waals surface area contributed by atoms with Crippen molar-refractivity contribution in [2.75, 3.05) is 22.7 Å². The van der Waals surface area contributed by atoms with E-state index in [9.17, 15) is 22.8 Å². The summed E-state index contributed by atoms with van der Waals surface area (Å²) >= 11 is 13.0. The summed E-state index contributed by atoms with van der Waals surface area (Å²) in [5.41, 5.74) is -1.21. The maximum Gasteiger partial charge on any atom is 0.318 e. The zero-order valence-electron chi connectivity index (χ0n) is 23.6. The van der Waals surface area contributed by atoms with Gasteiger partial charge in [-0.25, -0.2) is 13.2 Å². The van der Waals surface area contributed by atoms with Gasteiger partial charge in [0.25, 0.3) is 15.9 Å². The van der Waals surface area contributed by atoms with Crippen LogP contribution in [-0.4, -0.2) is 44.3 Å². The third-order valence-corrected chi connectivity index (χ3v) is 9.26. The van der Waals surface area contributed by atoms with Crippen molar-refractivity contribution >= 4 is 62.4 Å². The molecule has 0 bridgehead atoms. The van der Waals surface area contributed by atoms with Crippen LogP contribution in [0, 0.1) is 5.92 Å². The molecule has 42 heavy (non-hydrogen) atoms. The van der Waals surface area contributed by atoms with E-state index in [4.69, 9.17) is 23.2 Å². The first-order chi connectivity index (χ1) is 19.9. The second-order valence-electron chi connectivity index (χ2n) is 10.2. The van der Waals surface area contributed by atoms with Gasteiger partial charge in [-0.3, -0.25) is 9.59 Å². The lowest BCUT2D eigenvalue weighted by Gasteiger charge is -2.33. The molecule has 0 aromatic heterocycles. The zero-order valence-corrected chi connectivity index (χ0v) is 26.0. The zero-order chi connectivity index (χ0) is 30.8. The maximum atomic E-state index is 14.6. The Labute approximate surface area is 255 Å². The van der Waals surface area contributed by atoms with E-state index in [1.807, 2.05) is 13.8 Å². The minimum atomic E-state index is -4.52. The fourth-order valence-electron chi connectivity index (χ4n) is 4.96. The van der Waals surface area contributed by atoms with E-state index in [1.165, 1.54) is 47.4 Å². The summed E-state index contributed by atoms with van der Waals surface area (Å²) in [5.74, 6) is -0.989. The number of anilines is 2. The molecule has 4 rings (SSSR count). The highest BCUT2D eigenvalue weighted by atomic mass is 35.5. The van der Waals surface area contributed by atoms with Crippen LogP contribution < -0.4 is 14.9 Å². The largest absolute Gasteiger partial charge is 0.326 e. The van der Waals surface area contributed by atoms with Crippen LogP contribution >= 0.6 is 23.2 Å². The van der Waals surface area contributed by atoms with E-state index in [1.54, 1.807) is 38.1 Å². The molecule has 12 heteroatoms. The van der Waals surface area contributed by atoms with Gasteiger partial charge in [-0.1, -0.05) is 55.2 Å². The number of halogens is 2. The van der Waals surface area contributed by atoms with Crippen molar-refractivity contribution in [3.63, 3.8) is 0 Å². The molecule has 9 nitrogen and oxygen atoms in total. The third kappa shape index (κ3) is 5.71. The summed E-state index contributed by atoms with van der Waals surface area (Å²) in [5, 5.41) is 5.95. The first-order valence-electron chi connectivity index (χ1n) is 13.5. The summed E-state index contributed by atoms with van der Waals surface area (Å²) in [6.07, 6.45) is 0.311. The van der Waals surface area contributed by atoms with Crippen LogP contribution in [0.25, 0.3) is 0 Å². The lowest BCUT2D eigenvalue weighted by atomic mass is 9.83. The van der Waals surface area contributed by atoms with Crippen LogP contribution in [0.3, 0.4) is 0 Å². The molecule has 1 aliphatic rings. The highest BCUT2D eigenvalue weighted by molar-refractivity contribution is 7.93. The normalized spacial score (nSPS) is 16.4. The van der Waals surface area contributed by atoms with Crippen LogP contribution in [0.1, 0.15) is 45.2 Å². The van der Waals surface area contributed by atoms with E-state index >= 15 is 0 Å². The quantitative estimate of drug-likeness (QED) is 0.300. The van der Waals surface area contributed by atoms with Crippen molar-refractivity contribution in [1.82, 2.24) is 10.2 Å². The minimum Gasteiger partial charge on any atom is -0.326 e. The number of hydrogen-bond donors (Lipinski definition) is 2. The van der Waals surface area contributed by atoms with Crippen LogP contribution in [0.2, 0.25) is 10.0 Å². The van der Waals surface area contributed by atoms with Crippen LogP contribution in [0.15, 0.2) is 71.6 Å². The number of nitrogens with one attached hydrogen (secondary N) is 2. The average molecular weight is 632 g/mol. The Balaban J connectivity index is 1.87. The molecule has 0 spiro atoms. The van der Waals surface area contributed by atoms with Crippen LogP contribution in [0.5, 0.6) is 0 Å². The Hall–Kier alpha value is -3.60. The summed E-state index contributed by atoms with van der Waals surface area (Å²) in [4.78, 5) is 41.5. The Morgan fingerprint density at radius 3 is 2.19 bits per heavy atom. The Bertz CT molecular complexity index is 1620. The number of hydrogen-bond acceptors (Lipinski definition) is 5. The predicted octanol–water partition coefficient (Wildman–Crippen LogP) is 6.01. The number of carbonyl (C=O) groups is 3. The molecule has 0 saturated carbocycles. The number of rotatable bonds is 9. The van der Waals surface area contributed by atoms with Gasteiger partial charge < -0.3 is 15.5 Å². The molecule has 1 heterocycles. The fourth-order valence-corrected chi connectivity index (χ4v) is 6.88. The van der Waals surface area contributed by atoms with Crippen molar-refractivity contribution in [3.05, 3.63) is 87.9 Å². The molecule has 1 aliphatic heterocycles. The number of fused-ring (bicyclic) bond motifs is 1. The molecule has 0 saturated heterocycles. The summed E-state index contributed by atoms with van der Waals surface area (Å²) in [6, 6.07) is 15.8. The van der Waals surface area contributed by atoms with E-state index in [2.05, 4.69) is 10.6 Å². The van der Waals surface area contributed by atoms with Crippen molar-refractivity contribution in [3.8, 4) is 0 Å². The standard InChI is InChI=1S/C30H32Cl2N4O5S/c1-5-35(6-2)29(39)34-30(23-9-7-8-10-25(23)32)24-18-20(31)11-16-26(24)36(28(30)38)42(40,41)22-14-12-21(13-15-22)33-27(37)17-19(3)4/h7-16,18-19H,5-6,17H2,1-4H3,(H,33,37)(H,34,39). The summed E-state index contributed by atoms with van der Waals surface area (Å²) in [6.45, 7) is 8.11. The van der Waals surface area contributed by atoms with E-state index < -0.39 is 27.5 Å². The van der Waals surface area contributed by atoms with Gasteiger partial charge in [0.15, 0.2) is 5.54 Å². The van der Waals surface area contributed by atoms with Gasteiger partial charge >= 0.3 is 6.03 Å². The van der Waals surface area contributed by atoms with Crippen LogP contribution in [0.4, 0.5) is 16.2 Å². The molecule has 222 valence electrons. The summed E-state index contributed by atoms with van der Waals surface area (Å²) in [7, 11) is -4.52. The average Bonchev–Trinajstić information content (AvgIpc) is 3.17. The Morgan fingerprint density at radius 2 is 1.60 bits per heavy atom. The maximum absolute atomic E-state index is 14.6. The van der Waals surface area contributed by atoms with Crippen molar-refractivity contribution in [2.24, 2.45) is 5.92 Å². The van der Waals surface area contributed by atoms with Gasteiger partial charge in [-0.2, -0.15) is 4.31 Å². The summed E-state index contributed by atoms with van der Waals surface area (Å²) < 4.78 is 28.9. The smallest absolute Gasteiger partial charge is 0.318 e. The van der Waals surface area contributed by atoms with Crippen molar-refractivity contribution < 1.29 is 22.8 Å². The first-order valence-corrected chi connectivity index (χ1v) is 15.7. The lowest BCUT2D eigenvalue weighted by Crippen LogP contribution is -2.57. The highest BCUT2D eigenvalue weighted by Gasteiger charge is 2.58. The monoisotopic (exact) mass is 630 g/mol. The fraction of sp³-hybridized carbons (Fsp3) is 0.300. The van der Waals surface area contributed by atoms with E-state index in [0.717, 1.165) is 0 Å². The Kier molecular flexibility index (Phi) is 9.20. The minimum absolute atomic E-state index is 0.0264. The molecule has 1 unspecified atom stereocenters. The van der Waals surface area contributed by atoms with Gasteiger partial charge in [-0.15, -0.1) is 0 Å². The lowest BCUT2D eigenvalue weighted by molar-refractivity contribution is -0.121. The molecular formula is C30H32Cl2N4O5S. The number of carbonyl (C=O) groups excluding carboxylic acids is 3. The van der Waals surface area contributed by atoms with Gasteiger partial charge in [0.05, 0.1) is 10.6 Å². The number of urea groups is 1. The number of benzene rings is 3. The molecule has 2 N–H and O–H groups in total. The highest BCUT2D eigenvalue weighted by Crippen LogP contribution is 2.49. The van der Waals surface area contributed by atoms with E-state index in [0.29, 0.717) is 29.5 Å². The molecular weight excluding hydrogens is 599 g/mol. The van der Waals surface area contributed by atoms with Crippen molar-refractivity contribution in [1.29, 1.82) is 0 Å². The van der Waals surface area contributed by atoms with Gasteiger partial charge in [0.2, 0.25) is 5.91 Å². The SMILES string of the molecule is CCN(CC)C(=O)NC1(c2ccccc2Cl)C(=O)N(S(=O)(=O)c2ccc(NC(=O)CC(C)C)cc2)c2ccc(Cl)cc21. The first kappa shape index (κ1) is 31.3. The molecule has 0 aliphatic carbocycles. The second-order valence-corrected chi connectivity index (χ2v) is 12.9. The topological polar surface area (TPSA) is 116 Å². The van der Waals surface area contributed by atoms with Gasteiger partial charge in [0.1, 0.15) is 0 Å². The second kappa shape index (κ2) is 12.3. The molecule has 0 radical (unpaired) electrons. The van der Waals surface area contributed by atoms with Crippen LogP contribution in [-0.2, 0) is 25.2 Å². The molecule has 3 aromatic carbocycles. The predicted molar refractivity (Wildman–Crippen MR) is 164 cm³/mol. The number of nitrogens with zero attached hydrogens (tertiary/aromatic N) is 2. The number of amides is 4. The molecule has 4 amide bonds. The van der Waals surface area contributed by atoms with E-state index in [-0.39, 0.29) is 43.6 Å². The molecule has 0 fully saturated rings. The van der Waals surface area contributed by atoms with Gasteiger partial charge in [-0.05, 0) is 68.3 Å². The van der Waals surface area contributed by atoms with Crippen molar-refractivity contribution in [2.45, 2.75) is 44.6 Å². The Morgan fingerprint density at radius 1 is 0.952 bits per heavy atom. The molecule has 3 aromatic rings. The van der Waals surface area contributed by atoms with Gasteiger partial charge in [0, 0.05) is 46.4 Å². The third-order valence-electron chi connectivity index (χ3n) is 6.98.